The largest absolute Gasteiger partial charge is 0.484 e. The molecule has 94 valence electrons. The molecule has 1 amide bonds. The van der Waals surface area contributed by atoms with Crippen LogP contribution in [-0.2, 0) is 4.79 Å². The van der Waals surface area contributed by atoms with Crippen molar-refractivity contribution in [3.05, 3.63) is 28.8 Å². The van der Waals surface area contributed by atoms with Gasteiger partial charge in [-0.1, -0.05) is 11.6 Å². The lowest BCUT2D eigenvalue weighted by Crippen LogP contribution is -2.34. The van der Waals surface area contributed by atoms with Gasteiger partial charge in [0.2, 0.25) is 0 Å². The second kappa shape index (κ2) is 6.47. The molecule has 5 heteroatoms. The van der Waals surface area contributed by atoms with Crippen molar-refractivity contribution in [3.8, 4) is 5.75 Å². The first-order valence-corrected chi connectivity index (χ1v) is 5.70. The van der Waals surface area contributed by atoms with Gasteiger partial charge in [0.25, 0.3) is 5.91 Å². The Morgan fingerprint density at radius 2 is 2.29 bits per heavy atom. The van der Waals surface area contributed by atoms with E-state index in [0.29, 0.717) is 10.8 Å². The van der Waals surface area contributed by atoms with Crippen molar-refractivity contribution in [3.63, 3.8) is 0 Å². The van der Waals surface area contributed by atoms with Crippen LogP contribution in [0.3, 0.4) is 0 Å². The van der Waals surface area contributed by atoms with Gasteiger partial charge < -0.3 is 15.2 Å². The third-order valence-electron chi connectivity index (χ3n) is 2.09. The van der Waals surface area contributed by atoms with Crippen LogP contribution < -0.4 is 10.1 Å². The molecule has 1 aromatic rings. The Hall–Kier alpha value is -1.26. The number of carbonyl (C=O) groups is 1. The molecule has 0 aliphatic heterocycles. The zero-order valence-electron chi connectivity index (χ0n) is 9.87. The van der Waals surface area contributed by atoms with E-state index in [9.17, 15) is 4.79 Å². The number of nitrogens with one attached hydrogen (secondary N) is 1. The molecule has 4 nitrogen and oxygen atoms in total. The minimum Gasteiger partial charge on any atom is -0.484 e. The molecule has 0 fully saturated rings. The summed E-state index contributed by atoms with van der Waals surface area (Å²) in [7, 11) is 0. The minimum absolute atomic E-state index is 0.0756. The summed E-state index contributed by atoms with van der Waals surface area (Å²) in [6.45, 7) is 3.61. The summed E-state index contributed by atoms with van der Waals surface area (Å²) >= 11 is 5.87. The molecule has 0 aliphatic carbocycles. The van der Waals surface area contributed by atoms with Gasteiger partial charge in [-0.05, 0) is 37.6 Å². The normalized spacial score (nSPS) is 12.0. The number of carbonyl (C=O) groups excluding carboxylic acids is 1. The molecule has 0 unspecified atom stereocenters. The number of amides is 1. The van der Waals surface area contributed by atoms with Crippen LogP contribution in [0.4, 0.5) is 0 Å². The molecule has 0 bridgehead atoms. The summed E-state index contributed by atoms with van der Waals surface area (Å²) in [4.78, 5) is 11.3. The number of aliphatic hydroxyl groups is 1. The van der Waals surface area contributed by atoms with Gasteiger partial charge in [-0.15, -0.1) is 0 Å². The number of aliphatic hydroxyl groups excluding tert-OH is 1. The van der Waals surface area contributed by atoms with E-state index in [1.165, 1.54) is 0 Å². The Morgan fingerprint density at radius 1 is 1.59 bits per heavy atom. The first kappa shape index (κ1) is 13.8. The number of benzene rings is 1. The third kappa shape index (κ3) is 5.06. The topological polar surface area (TPSA) is 58.6 Å². The standard InChI is InChI=1S/C12H16ClNO3/c1-8-5-10(3-4-11(8)13)17-7-12(16)14-6-9(2)15/h3-5,9,15H,6-7H2,1-2H3,(H,14,16)/t9-/m1/s1. The predicted molar refractivity (Wildman–Crippen MR) is 66.4 cm³/mol. The summed E-state index contributed by atoms with van der Waals surface area (Å²) in [5, 5.41) is 12.2. The molecular weight excluding hydrogens is 242 g/mol. The Bertz CT molecular complexity index is 393. The molecule has 0 saturated heterocycles. The van der Waals surface area contributed by atoms with Gasteiger partial charge in [-0.25, -0.2) is 0 Å². The summed E-state index contributed by atoms with van der Waals surface area (Å²) in [6, 6.07) is 5.20. The molecule has 0 spiro atoms. The minimum atomic E-state index is -0.559. The van der Waals surface area contributed by atoms with E-state index >= 15 is 0 Å². The van der Waals surface area contributed by atoms with E-state index in [1.54, 1.807) is 25.1 Å². The Kier molecular flexibility index (Phi) is 5.25. The van der Waals surface area contributed by atoms with Crippen LogP contribution in [0.25, 0.3) is 0 Å². The molecule has 2 N–H and O–H groups in total. The van der Waals surface area contributed by atoms with Gasteiger partial charge in [0.1, 0.15) is 5.75 Å². The van der Waals surface area contributed by atoms with Crippen molar-refractivity contribution < 1.29 is 14.6 Å². The quantitative estimate of drug-likeness (QED) is 0.841. The van der Waals surface area contributed by atoms with Crippen molar-refractivity contribution in [2.75, 3.05) is 13.2 Å². The van der Waals surface area contributed by atoms with Crippen molar-refractivity contribution in [2.24, 2.45) is 0 Å². The Morgan fingerprint density at radius 3 is 2.88 bits per heavy atom. The van der Waals surface area contributed by atoms with Crippen molar-refractivity contribution in [1.82, 2.24) is 5.32 Å². The number of aryl methyl sites for hydroxylation is 1. The van der Waals surface area contributed by atoms with Crippen LogP contribution in [0.15, 0.2) is 18.2 Å². The average Bonchev–Trinajstić information content (AvgIpc) is 2.28. The summed E-state index contributed by atoms with van der Waals surface area (Å²) in [5.41, 5.74) is 0.897. The fourth-order valence-corrected chi connectivity index (χ4v) is 1.29. The maximum atomic E-state index is 11.3. The fraction of sp³-hybridized carbons (Fsp3) is 0.417. The van der Waals surface area contributed by atoms with Crippen LogP contribution in [0, 0.1) is 6.92 Å². The third-order valence-corrected chi connectivity index (χ3v) is 2.52. The first-order valence-electron chi connectivity index (χ1n) is 5.32. The smallest absolute Gasteiger partial charge is 0.258 e. The second-order valence-electron chi connectivity index (χ2n) is 3.85. The molecule has 0 heterocycles. The monoisotopic (exact) mass is 257 g/mol. The Labute approximate surface area is 106 Å². The summed E-state index contributed by atoms with van der Waals surface area (Å²) < 4.78 is 5.28. The average molecular weight is 258 g/mol. The molecule has 17 heavy (non-hydrogen) atoms. The van der Waals surface area contributed by atoms with E-state index in [4.69, 9.17) is 21.4 Å². The summed E-state index contributed by atoms with van der Waals surface area (Å²) in [5.74, 6) is 0.331. The van der Waals surface area contributed by atoms with Crippen LogP contribution in [0.1, 0.15) is 12.5 Å². The van der Waals surface area contributed by atoms with E-state index in [1.807, 2.05) is 6.92 Å². The number of ether oxygens (including phenoxy) is 1. The van der Waals surface area contributed by atoms with Crippen LogP contribution in [0.5, 0.6) is 5.75 Å². The zero-order valence-corrected chi connectivity index (χ0v) is 10.6. The van der Waals surface area contributed by atoms with Gasteiger partial charge in [0.05, 0.1) is 6.10 Å². The lowest BCUT2D eigenvalue weighted by atomic mass is 10.2. The maximum Gasteiger partial charge on any atom is 0.258 e. The van der Waals surface area contributed by atoms with Gasteiger partial charge >= 0.3 is 0 Å². The molecule has 0 aromatic heterocycles. The number of hydrogen-bond donors (Lipinski definition) is 2. The van der Waals surface area contributed by atoms with Gasteiger partial charge in [-0.3, -0.25) is 4.79 Å². The molecular formula is C12H16ClNO3. The molecule has 0 saturated carbocycles. The van der Waals surface area contributed by atoms with Crippen LogP contribution >= 0.6 is 11.6 Å². The summed E-state index contributed by atoms with van der Waals surface area (Å²) in [6.07, 6.45) is -0.559. The number of hydrogen-bond acceptors (Lipinski definition) is 3. The van der Waals surface area contributed by atoms with Gasteiger partial charge in [0.15, 0.2) is 6.61 Å². The highest BCUT2D eigenvalue weighted by atomic mass is 35.5. The molecule has 1 atom stereocenters. The highest BCUT2D eigenvalue weighted by Gasteiger charge is 2.04. The highest BCUT2D eigenvalue weighted by molar-refractivity contribution is 6.31. The lowest BCUT2D eigenvalue weighted by molar-refractivity contribution is -0.123. The highest BCUT2D eigenvalue weighted by Crippen LogP contribution is 2.20. The SMILES string of the molecule is Cc1cc(OCC(=O)NC[C@@H](C)O)ccc1Cl. The molecule has 1 aromatic carbocycles. The van der Waals surface area contributed by atoms with E-state index < -0.39 is 6.10 Å². The first-order chi connectivity index (χ1) is 7.99. The van der Waals surface area contributed by atoms with E-state index in [-0.39, 0.29) is 19.1 Å². The maximum absolute atomic E-state index is 11.3. The second-order valence-corrected chi connectivity index (χ2v) is 4.26. The number of halogens is 1. The van der Waals surface area contributed by atoms with Crippen molar-refractivity contribution in [2.45, 2.75) is 20.0 Å². The molecule has 0 aliphatic rings. The van der Waals surface area contributed by atoms with Gasteiger partial charge in [0, 0.05) is 11.6 Å². The zero-order chi connectivity index (χ0) is 12.8. The lowest BCUT2D eigenvalue weighted by Gasteiger charge is -2.09. The Balaban J connectivity index is 2.39. The number of rotatable bonds is 5. The van der Waals surface area contributed by atoms with E-state index in [2.05, 4.69) is 5.32 Å². The van der Waals surface area contributed by atoms with Crippen molar-refractivity contribution >= 4 is 17.5 Å². The molecule has 0 radical (unpaired) electrons. The fourth-order valence-electron chi connectivity index (χ4n) is 1.17. The van der Waals surface area contributed by atoms with E-state index in [0.717, 1.165) is 5.56 Å². The van der Waals surface area contributed by atoms with Crippen molar-refractivity contribution in [1.29, 1.82) is 0 Å². The van der Waals surface area contributed by atoms with Crippen LogP contribution in [-0.4, -0.2) is 30.3 Å². The van der Waals surface area contributed by atoms with Crippen LogP contribution in [0.2, 0.25) is 5.02 Å². The molecule has 1 rings (SSSR count). The predicted octanol–water partition coefficient (Wildman–Crippen LogP) is 1.52. The van der Waals surface area contributed by atoms with Gasteiger partial charge in [-0.2, -0.15) is 0 Å².